The minimum absolute atomic E-state index is 0.419. The summed E-state index contributed by atoms with van der Waals surface area (Å²) >= 11 is 0. The minimum Gasteiger partial charge on any atom is -0.327 e. The van der Waals surface area contributed by atoms with Crippen LogP contribution < -0.4 is 5.73 Å². The van der Waals surface area contributed by atoms with Crippen LogP contribution in [-0.2, 0) is 7.05 Å². The van der Waals surface area contributed by atoms with Gasteiger partial charge in [0.05, 0.1) is 5.69 Å². The number of nitrogens with zero attached hydrogens (tertiary/aromatic N) is 3. The first-order chi connectivity index (χ1) is 9.49. The van der Waals surface area contributed by atoms with Crippen LogP contribution in [-0.4, -0.2) is 33.8 Å². The third kappa shape index (κ3) is 2.19. The van der Waals surface area contributed by atoms with E-state index in [1.54, 1.807) is 0 Å². The Balaban J connectivity index is 1.80. The Hall–Kier alpha value is -0.870. The van der Waals surface area contributed by atoms with Gasteiger partial charge in [-0.3, -0.25) is 9.58 Å². The lowest BCUT2D eigenvalue weighted by molar-refractivity contribution is 0.244. The molecule has 0 radical (unpaired) electrons. The molecule has 1 aliphatic heterocycles. The van der Waals surface area contributed by atoms with Gasteiger partial charge >= 0.3 is 0 Å². The van der Waals surface area contributed by atoms with Gasteiger partial charge < -0.3 is 5.73 Å². The second kappa shape index (κ2) is 5.15. The molecule has 1 saturated heterocycles. The molecule has 4 nitrogen and oxygen atoms in total. The zero-order valence-corrected chi connectivity index (χ0v) is 13.3. The van der Waals surface area contributed by atoms with Gasteiger partial charge in [-0.05, 0) is 45.4 Å². The Bertz CT molecular complexity index is 493. The molecule has 2 fully saturated rings. The van der Waals surface area contributed by atoms with Crippen molar-refractivity contribution in [3.05, 3.63) is 17.0 Å². The van der Waals surface area contributed by atoms with Crippen LogP contribution in [0.15, 0.2) is 0 Å². The third-order valence-electron chi connectivity index (χ3n) is 5.71. The van der Waals surface area contributed by atoms with E-state index < -0.39 is 0 Å². The third-order valence-corrected chi connectivity index (χ3v) is 5.71. The van der Waals surface area contributed by atoms with E-state index in [0.29, 0.717) is 18.0 Å². The van der Waals surface area contributed by atoms with Crippen molar-refractivity contribution < 1.29 is 0 Å². The van der Waals surface area contributed by atoms with Crippen molar-refractivity contribution in [3.63, 3.8) is 0 Å². The second-order valence-electron chi connectivity index (χ2n) is 6.86. The summed E-state index contributed by atoms with van der Waals surface area (Å²) in [6, 6.07) is 0.878. The molecular formula is C16H28N4. The first-order valence-electron chi connectivity index (χ1n) is 7.98. The fourth-order valence-corrected chi connectivity index (χ4v) is 4.44. The molecule has 4 unspecified atom stereocenters. The summed E-state index contributed by atoms with van der Waals surface area (Å²) in [5.41, 5.74) is 10.2. The lowest BCUT2D eigenvalue weighted by atomic mass is 9.78. The summed E-state index contributed by atoms with van der Waals surface area (Å²) in [5.74, 6) is 1.53. The predicted octanol–water partition coefficient (Wildman–Crippen LogP) is 2.16. The molecule has 1 saturated carbocycles. The van der Waals surface area contributed by atoms with Crippen LogP contribution in [0.5, 0.6) is 0 Å². The van der Waals surface area contributed by atoms with Gasteiger partial charge in [0.1, 0.15) is 0 Å². The van der Waals surface area contributed by atoms with Gasteiger partial charge in [0.2, 0.25) is 0 Å². The molecule has 112 valence electrons. The van der Waals surface area contributed by atoms with Crippen molar-refractivity contribution in [2.24, 2.45) is 24.6 Å². The standard InChI is InChI=1S/C16H28N4/c1-10-16(11(2)19(4)18-10)12(3)20-8-13-6-5-7-15(17)14(13)9-20/h12-15H,5-9,17H2,1-4H3. The fourth-order valence-electron chi connectivity index (χ4n) is 4.44. The molecule has 0 aromatic carbocycles. The van der Waals surface area contributed by atoms with Crippen molar-refractivity contribution >= 4 is 0 Å². The van der Waals surface area contributed by atoms with Crippen molar-refractivity contribution in [1.29, 1.82) is 0 Å². The molecule has 1 aromatic heterocycles. The van der Waals surface area contributed by atoms with Crippen LogP contribution in [0.25, 0.3) is 0 Å². The highest BCUT2D eigenvalue weighted by Crippen LogP contribution is 2.39. The van der Waals surface area contributed by atoms with E-state index in [1.165, 1.54) is 49.3 Å². The van der Waals surface area contributed by atoms with Gasteiger partial charge in [-0.1, -0.05) is 6.42 Å². The molecule has 0 amide bonds. The minimum atomic E-state index is 0.419. The van der Waals surface area contributed by atoms with Crippen molar-refractivity contribution in [2.75, 3.05) is 13.1 Å². The molecular weight excluding hydrogens is 248 g/mol. The molecule has 1 aliphatic carbocycles. The number of hydrogen-bond donors (Lipinski definition) is 1. The Morgan fingerprint density at radius 3 is 2.60 bits per heavy atom. The van der Waals surface area contributed by atoms with Crippen molar-refractivity contribution in [1.82, 2.24) is 14.7 Å². The normalized spacial score (nSPS) is 32.4. The number of fused-ring (bicyclic) bond motifs is 1. The van der Waals surface area contributed by atoms with E-state index in [2.05, 4.69) is 30.8 Å². The summed E-state index contributed by atoms with van der Waals surface area (Å²) in [4.78, 5) is 2.64. The lowest BCUT2D eigenvalue weighted by Crippen LogP contribution is -2.38. The molecule has 1 aromatic rings. The molecule has 20 heavy (non-hydrogen) atoms. The Morgan fingerprint density at radius 1 is 1.25 bits per heavy atom. The topological polar surface area (TPSA) is 47.1 Å². The van der Waals surface area contributed by atoms with E-state index in [0.717, 1.165) is 5.92 Å². The average molecular weight is 276 g/mol. The number of likely N-dealkylation sites (tertiary alicyclic amines) is 1. The summed E-state index contributed by atoms with van der Waals surface area (Å²) in [6.45, 7) is 9.03. The van der Waals surface area contributed by atoms with Gasteiger partial charge in [-0.15, -0.1) is 0 Å². The maximum atomic E-state index is 6.34. The zero-order chi connectivity index (χ0) is 14.4. The monoisotopic (exact) mass is 276 g/mol. The maximum absolute atomic E-state index is 6.34. The van der Waals surface area contributed by atoms with Gasteiger partial charge in [0.15, 0.2) is 0 Å². The zero-order valence-electron chi connectivity index (χ0n) is 13.3. The number of nitrogens with two attached hydrogens (primary N) is 1. The summed E-state index contributed by atoms with van der Waals surface area (Å²) in [7, 11) is 2.04. The fraction of sp³-hybridized carbons (Fsp3) is 0.812. The molecule has 0 bridgehead atoms. The van der Waals surface area contributed by atoms with Gasteiger partial charge in [-0.25, -0.2) is 0 Å². The lowest BCUT2D eigenvalue weighted by Gasteiger charge is -2.30. The summed E-state index contributed by atoms with van der Waals surface area (Å²) in [5, 5.41) is 4.57. The second-order valence-corrected chi connectivity index (χ2v) is 6.86. The quantitative estimate of drug-likeness (QED) is 0.900. The Morgan fingerprint density at radius 2 is 2.00 bits per heavy atom. The molecule has 0 spiro atoms. The van der Waals surface area contributed by atoms with Crippen LogP contribution in [0.4, 0.5) is 0 Å². The van der Waals surface area contributed by atoms with Crippen LogP contribution in [0, 0.1) is 25.7 Å². The van der Waals surface area contributed by atoms with Gasteiger partial charge in [0, 0.05) is 43.5 Å². The van der Waals surface area contributed by atoms with E-state index in [1.807, 2.05) is 11.7 Å². The Labute approximate surface area is 122 Å². The van der Waals surface area contributed by atoms with Crippen molar-refractivity contribution in [2.45, 2.75) is 52.1 Å². The molecule has 3 rings (SSSR count). The van der Waals surface area contributed by atoms with Crippen LogP contribution >= 0.6 is 0 Å². The number of rotatable bonds is 2. The first kappa shape index (κ1) is 14.1. The van der Waals surface area contributed by atoms with Crippen molar-refractivity contribution in [3.8, 4) is 0 Å². The smallest absolute Gasteiger partial charge is 0.0644 e. The number of aryl methyl sites for hydroxylation is 2. The average Bonchev–Trinajstić information content (AvgIpc) is 2.93. The Kier molecular flexibility index (Phi) is 3.63. The highest BCUT2D eigenvalue weighted by Gasteiger charge is 2.40. The number of aromatic nitrogens is 2. The number of hydrogen-bond acceptors (Lipinski definition) is 3. The first-order valence-corrected chi connectivity index (χ1v) is 7.98. The van der Waals surface area contributed by atoms with E-state index in [-0.39, 0.29) is 0 Å². The molecule has 2 heterocycles. The van der Waals surface area contributed by atoms with Crippen LogP contribution in [0.1, 0.15) is 49.2 Å². The molecule has 4 heteroatoms. The van der Waals surface area contributed by atoms with Gasteiger partial charge in [0.25, 0.3) is 0 Å². The molecule has 2 N–H and O–H groups in total. The highest BCUT2D eigenvalue weighted by atomic mass is 15.3. The van der Waals surface area contributed by atoms with Gasteiger partial charge in [-0.2, -0.15) is 5.10 Å². The molecule has 4 atom stereocenters. The van der Waals surface area contributed by atoms with E-state index >= 15 is 0 Å². The predicted molar refractivity (Wildman–Crippen MR) is 81.5 cm³/mol. The molecule has 2 aliphatic rings. The summed E-state index contributed by atoms with van der Waals surface area (Å²) < 4.78 is 2.01. The highest BCUT2D eigenvalue weighted by molar-refractivity contribution is 5.28. The van der Waals surface area contributed by atoms with E-state index in [9.17, 15) is 0 Å². The largest absolute Gasteiger partial charge is 0.327 e. The van der Waals surface area contributed by atoms with Crippen LogP contribution in [0.3, 0.4) is 0 Å². The van der Waals surface area contributed by atoms with E-state index in [4.69, 9.17) is 5.73 Å². The SMILES string of the molecule is Cc1nn(C)c(C)c1C(C)N1CC2CCCC(N)C2C1. The van der Waals surface area contributed by atoms with Crippen LogP contribution in [0.2, 0.25) is 0 Å². The summed E-state index contributed by atoms with van der Waals surface area (Å²) in [6.07, 6.45) is 3.90. The maximum Gasteiger partial charge on any atom is 0.0644 e.